The highest BCUT2D eigenvalue weighted by Crippen LogP contribution is 2.24. The smallest absolute Gasteiger partial charge is 0.310 e. The molecule has 0 bridgehead atoms. The second-order valence-corrected chi connectivity index (χ2v) is 5.77. The third-order valence-electron chi connectivity index (χ3n) is 3.46. The van der Waals surface area contributed by atoms with Crippen LogP contribution >= 0.6 is 11.3 Å². The van der Waals surface area contributed by atoms with Crippen LogP contribution in [-0.4, -0.2) is 15.6 Å². The lowest BCUT2D eigenvalue weighted by atomic mass is 9.99. The summed E-state index contributed by atoms with van der Waals surface area (Å²) in [6.45, 7) is 5.69. The SMILES string of the molecule is Cc1cc(C(C)C(=O)O)ccc1/N=c1\scc(C)n1C. The molecule has 0 fully saturated rings. The van der Waals surface area contributed by atoms with E-state index in [9.17, 15) is 4.79 Å². The number of rotatable bonds is 3. The van der Waals surface area contributed by atoms with Crippen molar-refractivity contribution in [3.63, 3.8) is 0 Å². The normalized spacial score (nSPS) is 13.5. The van der Waals surface area contributed by atoms with Gasteiger partial charge in [0.1, 0.15) is 0 Å². The first-order valence-electron chi connectivity index (χ1n) is 6.39. The molecule has 1 heterocycles. The fraction of sp³-hybridized carbons (Fsp3) is 0.333. The van der Waals surface area contributed by atoms with Gasteiger partial charge in [-0.2, -0.15) is 0 Å². The molecule has 106 valence electrons. The van der Waals surface area contributed by atoms with Gasteiger partial charge >= 0.3 is 5.97 Å². The molecule has 0 saturated carbocycles. The monoisotopic (exact) mass is 290 g/mol. The molecule has 2 rings (SSSR count). The third-order valence-corrected chi connectivity index (χ3v) is 4.49. The second-order valence-electron chi connectivity index (χ2n) is 4.94. The number of hydrogen-bond acceptors (Lipinski definition) is 3. The van der Waals surface area contributed by atoms with Crippen LogP contribution in [0.2, 0.25) is 0 Å². The number of carbonyl (C=O) groups is 1. The molecular weight excluding hydrogens is 272 g/mol. The number of thiazole rings is 1. The van der Waals surface area contributed by atoms with Gasteiger partial charge in [-0.1, -0.05) is 12.1 Å². The van der Waals surface area contributed by atoms with Crippen LogP contribution in [0, 0.1) is 13.8 Å². The van der Waals surface area contributed by atoms with Crippen molar-refractivity contribution < 1.29 is 9.90 Å². The molecule has 1 unspecified atom stereocenters. The van der Waals surface area contributed by atoms with E-state index >= 15 is 0 Å². The summed E-state index contributed by atoms with van der Waals surface area (Å²) in [5, 5.41) is 11.1. The average molecular weight is 290 g/mol. The maximum atomic E-state index is 11.0. The number of hydrogen-bond donors (Lipinski definition) is 1. The number of aromatic nitrogens is 1. The topological polar surface area (TPSA) is 54.6 Å². The summed E-state index contributed by atoms with van der Waals surface area (Å²) in [5.74, 6) is -1.31. The molecule has 4 nitrogen and oxygen atoms in total. The van der Waals surface area contributed by atoms with Gasteiger partial charge in [-0.05, 0) is 38.0 Å². The first kappa shape index (κ1) is 14.5. The highest BCUT2D eigenvalue weighted by molar-refractivity contribution is 7.07. The Hall–Kier alpha value is -1.88. The zero-order valence-electron chi connectivity index (χ0n) is 12.0. The van der Waals surface area contributed by atoms with Gasteiger partial charge in [-0.25, -0.2) is 4.99 Å². The highest BCUT2D eigenvalue weighted by Gasteiger charge is 2.14. The molecule has 1 aromatic heterocycles. The summed E-state index contributed by atoms with van der Waals surface area (Å²) >= 11 is 1.60. The summed E-state index contributed by atoms with van der Waals surface area (Å²) in [4.78, 5) is 16.6. The molecule has 2 aromatic rings. The molecule has 0 aliphatic rings. The van der Waals surface area contributed by atoms with Gasteiger partial charge in [0.2, 0.25) is 0 Å². The molecule has 0 aliphatic heterocycles. The van der Waals surface area contributed by atoms with E-state index in [1.165, 1.54) is 5.69 Å². The fourth-order valence-corrected chi connectivity index (χ4v) is 2.75. The molecule has 0 amide bonds. The lowest BCUT2D eigenvalue weighted by molar-refractivity contribution is -0.138. The van der Waals surface area contributed by atoms with Crippen LogP contribution in [0.1, 0.15) is 29.7 Å². The van der Waals surface area contributed by atoms with Crippen LogP contribution in [-0.2, 0) is 11.8 Å². The summed E-state index contributed by atoms with van der Waals surface area (Å²) in [6.07, 6.45) is 0. The van der Waals surface area contributed by atoms with Crippen molar-refractivity contribution in [2.24, 2.45) is 12.0 Å². The Labute approximate surface area is 122 Å². The van der Waals surface area contributed by atoms with Gasteiger partial charge in [-0.3, -0.25) is 4.79 Å². The van der Waals surface area contributed by atoms with Gasteiger partial charge in [0, 0.05) is 18.1 Å². The standard InChI is InChI=1S/C15H18N2O2S/c1-9-7-12(11(3)14(18)19)5-6-13(9)16-15-17(4)10(2)8-20-15/h5-8,11H,1-4H3,(H,18,19)/b16-15-. The van der Waals surface area contributed by atoms with E-state index in [0.29, 0.717) is 0 Å². The lowest BCUT2D eigenvalue weighted by Crippen LogP contribution is -2.11. The summed E-state index contributed by atoms with van der Waals surface area (Å²) in [5.41, 5.74) is 3.84. The van der Waals surface area contributed by atoms with E-state index in [4.69, 9.17) is 5.11 Å². The number of benzene rings is 1. The largest absolute Gasteiger partial charge is 0.481 e. The Morgan fingerprint density at radius 3 is 2.60 bits per heavy atom. The van der Waals surface area contributed by atoms with Crippen molar-refractivity contribution in [1.29, 1.82) is 0 Å². The van der Waals surface area contributed by atoms with Crippen molar-refractivity contribution in [1.82, 2.24) is 4.57 Å². The van der Waals surface area contributed by atoms with Crippen LogP contribution in [0.5, 0.6) is 0 Å². The van der Waals surface area contributed by atoms with Crippen LogP contribution in [0.3, 0.4) is 0 Å². The maximum Gasteiger partial charge on any atom is 0.310 e. The molecule has 5 heteroatoms. The van der Waals surface area contributed by atoms with E-state index < -0.39 is 11.9 Å². The molecule has 20 heavy (non-hydrogen) atoms. The number of nitrogens with zero attached hydrogens (tertiary/aromatic N) is 2. The zero-order chi connectivity index (χ0) is 14.9. The van der Waals surface area contributed by atoms with Crippen molar-refractivity contribution in [2.45, 2.75) is 26.7 Å². The minimum atomic E-state index is -0.811. The Morgan fingerprint density at radius 1 is 1.40 bits per heavy atom. The Morgan fingerprint density at radius 2 is 2.10 bits per heavy atom. The quantitative estimate of drug-likeness (QED) is 0.944. The van der Waals surface area contributed by atoms with Gasteiger partial charge in [0.25, 0.3) is 0 Å². The van der Waals surface area contributed by atoms with Gasteiger partial charge in [0.05, 0.1) is 11.6 Å². The Bertz CT molecular complexity index is 713. The molecule has 1 atom stereocenters. The third kappa shape index (κ3) is 2.82. The minimum absolute atomic E-state index is 0.497. The molecule has 1 aromatic carbocycles. The number of carboxylic acids is 1. The molecule has 0 radical (unpaired) electrons. The first-order valence-corrected chi connectivity index (χ1v) is 7.27. The van der Waals surface area contributed by atoms with Crippen molar-refractivity contribution in [3.8, 4) is 0 Å². The predicted octanol–water partition coefficient (Wildman–Crippen LogP) is 3.12. The van der Waals surface area contributed by atoms with Gasteiger partial charge in [-0.15, -0.1) is 11.3 Å². The van der Waals surface area contributed by atoms with Crippen LogP contribution < -0.4 is 4.80 Å². The lowest BCUT2D eigenvalue weighted by Gasteiger charge is -2.08. The Balaban J connectivity index is 2.43. The van der Waals surface area contributed by atoms with Crippen LogP contribution in [0.15, 0.2) is 28.6 Å². The summed E-state index contributed by atoms with van der Waals surface area (Å²) in [6, 6.07) is 5.63. The van der Waals surface area contributed by atoms with Crippen molar-refractivity contribution >= 4 is 23.0 Å². The van der Waals surface area contributed by atoms with Crippen LogP contribution in [0.4, 0.5) is 5.69 Å². The molecule has 0 spiro atoms. The van der Waals surface area contributed by atoms with Crippen molar-refractivity contribution in [3.05, 3.63) is 45.2 Å². The van der Waals surface area contributed by atoms with E-state index in [1.807, 2.05) is 43.7 Å². The first-order chi connectivity index (χ1) is 9.40. The zero-order valence-corrected chi connectivity index (χ0v) is 12.9. The van der Waals surface area contributed by atoms with E-state index in [0.717, 1.165) is 21.6 Å². The average Bonchev–Trinajstić information content (AvgIpc) is 2.72. The predicted molar refractivity (Wildman–Crippen MR) is 80.5 cm³/mol. The second kappa shape index (κ2) is 5.63. The number of aryl methyl sites for hydroxylation is 2. The fourth-order valence-electron chi connectivity index (χ4n) is 1.87. The summed E-state index contributed by atoms with van der Waals surface area (Å²) < 4.78 is 2.04. The van der Waals surface area contributed by atoms with E-state index in [1.54, 1.807) is 18.3 Å². The van der Waals surface area contributed by atoms with Gasteiger partial charge in [0.15, 0.2) is 4.80 Å². The van der Waals surface area contributed by atoms with E-state index in [-0.39, 0.29) is 0 Å². The molecule has 0 aliphatic carbocycles. The molecule has 1 N–H and O–H groups in total. The Kier molecular flexibility index (Phi) is 4.09. The molecular formula is C15H18N2O2S. The maximum absolute atomic E-state index is 11.0. The van der Waals surface area contributed by atoms with Gasteiger partial charge < -0.3 is 9.67 Å². The molecule has 0 saturated heterocycles. The number of aliphatic carboxylic acids is 1. The highest BCUT2D eigenvalue weighted by atomic mass is 32.1. The summed E-state index contributed by atoms with van der Waals surface area (Å²) in [7, 11) is 1.99. The minimum Gasteiger partial charge on any atom is -0.481 e. The van der Waals surface area contributed by atoms with Crippen molar-refractivity contribution in [2.75, 3.05) is 0 Å². The number of carboxylic acid groups (broad SMARTS) is 1. The van der Waals surface area contributed by atoms with Crippen LogP contribution in [0.25, 0.3) is 0 Å². The van der Waals surface area contributed by atoms with E-state index in [2.05, 4.69) is 10.4 Å².